The third kappa shape index (κ3) is 4.54. The van der Waals surface area contributed by atoms with Crippen molar-refractivity contribution < 1.29 is 18.7 Å². The molecule has 1 saturated heterocycles. The van der Waals surface area contributed by atoms with E-state index in [-0.39, 0.29) is 23.7 Å². The number of hydrogen-bond acceptors (Lipinski definition) is 8. The maximum Gasteiger partial charge on any atom is 0.350 e. The fourth-order valence-electron chi connectivity index (χ4n) is 3.77. The Kier molecular flexibility index (Phi) is 6.94. The van der Waals surface area contributed by atoms with E-state index in [4.69, 9.17) is 16.3 Å². The van der Waals surface area contributed by atoms with Crippen molar-refractivity contribution in [2.75, 3.05) is 24.6 Å². The number of hydrogen-bond donors (Lipinski definition) is 2. The summed E-state index contributed by atoms with van der Waals surface area (Å²) in [6, 6.07) is -0.675. The fraction of sp³-hybridized carbons (Fsp3) is 0.450. The Labute approximate surface area is 205 Å². The Balaban J connectivity index is 1.50. The number of piperidine rings is 1. The van der Waals surface area contributed by atoms with Crippen molar-refractivity contribution in [3.8, 4) is 11.5 Å². The monoisotopic (exact) mass is 507 g/mol. The summed E-state index contributed by atoms with van der Waals surface area (Å²) >= 11 is 7.36. The SMILES string of the molecule is Bc1c(C)[nH]c(C(=O)N[C@@H]2CCN(c3nc(-c4ncnn4C)c(C(=O)OCC)s3)C[C@@H]2F)c1Cl. The first kappa shape index (κ1) is 24.2. The van der Waals surface area contributed by atoms with Gasteiger partial charge in [-0.1, -0.05) is 22.9 Å². The highest BCUT2D eigenvalue weighted by Crippen LogP contribution is 2.34. The van der Waals surface area contributed by atoms with Crippen LogP contribution < -0.4 is 15.7 Å². The highest BCUT2D eigenvalue weighted by Gasteiger charge is 2.34. The van der Waals surface area contributed by atoms with Gasteiger partial charge < -0.3 is 19.9 Å². The second-order valence-electron chi connectivity index (χ2n) is 8.00. The molecule has 10 nitrogen and oxygen atoms in total. The number of ether oxygens (including phenoxy) is 1. The van der Waals surface area contributed by atoms with Crippen molar-refractivity contribution >= 4 is 53.3 Å². The van der Waals surface area contributed by atoms with Crippen LogP contribution in [-0.4, -0.2) is 76.4 Å². The van der Waals surface area contributed by atoms with Gasteiger partial charge in [0, 0.05) is 19.3 Å². The smallest absolute Gasteiger partial charge is 0.350 e. The number of esters is 1. The van der Waals surface area contributed by atoms with Crippen molar-refractivity contribution in [2.45, 2.75) is 32.5 Å². The van der Waals surface area contributed by atoms with Crippen molar-refractivity contribution in [3.05, 3.63) is 27.6 Å². The zero-order valence-corrected chi connectivity index (χ0v) is 20.8. The number of H-pyrrole nitrogens is 1. The van der Waals surface area contributed by atoms with Gasteiger partial charge in [-0.25, -0.2) is 23.8 Å². The second kappa shape index (κ2) is 9.75. The standard InChI is InChI=1S/C20H24BClFN7O3S/c1-4-33-19(32)16-15(17-24-8-25-29(17)3)28-20(34-16)30-6-5-11(10(23)7-30)27-18(31)14-13(22)12(21)9(2)26-14/h8,10-11,26H,4-7,21H2,1-3H3,(H,27,31)/t10-,11+/m0/s1. The molecule has 2 atom stereocenters. The predicted molar refractivity (Wildman–Crippen MR) is 130 cm³/mol. The molecule has 3 aromatic heterocycles. The van der Waals surface area contributed by atoms with Gasteiger partial charge in [0.05, 0.1) is 24.2 Å². The number of nitrogens with one attached hydrogen (secondary N) is 2. The van der Waals surface area contributed by atoms with E-state index in [0.29, 0.717) is 34.6 Å². The maximum atomic E-state index is 15.1. The number of aromatic amines is 1. The number of anilines is 1. The lowest BCUT2D eigenvalue weighted by atomic mass is 9.96. The number of aryl methyl sites for hydroxylation is 2. The lowest BCUT2D eigenvalue weighted by molar-refractivity contribution is 0.0532. The molecule has 0 bridgehead atoms. The first-order chi connectivity index (χ1) is 16.2. The van der Waals surface area contributed by atoms with Crippen LogP contribution >= 0.6 is 22.9 Å². The number of alkyl halides is 1. The zero-order valence-electron chi connectivity index (χ0n) is 19.2. The number of nitrogens with zero attached hydrogens (tertiary/aromatic N) is 5. The van der Waals surface area contributed by atoms with Crippen LogP contribution in [0.1, 0.15) is 39.2 Å². The van der Waals surface area contributed by atoms with Crippen molar-refractivity contribution in [2.24, 2.45) is 7.05 Å². The molecule has 1 aliphatic rings. The molecule has 4 heterocycles. The average molecular weight is 508 g/mol. The third-order valence-electron chi connectivity index (χ3n) is 5.78. The van der Waals surface area contributed by atoms with Gasteiger partial charge in [-0.15, -0.1) is 0 Å². The third-order valence-corrected chi connectivity index (χ3v) is 7.35. The minimum absolute atomic E-state index is 0.00942. The van der Waals surface area contributed by atoms with Gasteiger partial charge in [0.1, 0.15) is 36.6 Å². The van der Waals surface area contributed by atoms with Crippen LogP contribution in [0.15, 0.2) is 6.33 Å². The molecular weight excluding hydrogens is 484 g/mol. The zero-order chi connectivity index (χ0) is 24.6. The van der Waals surface area contributed by atoms with E-state index in [1.54, 1.807) is 18.9 Å². The number of carbonyl (C=O) groups excluding carboxylic acids is 2. The van der Waals surface area contributed by atoms with E-state index < -0.39 is 24.1 Å². The van der Waals surface area contributed by atoms with Crippen molar-refractivity contribution in [1.29, 1.82) is 0 Å². The summed E-state index contributed by atoms with van der Waals surface area (Å²) in [5.41, 5.74) is 2.16. The first-order valence-corrected chi connectivity index (χ1v) is 12.0. The minimum Gasteiger partial charge on any atom is -0.462 e. The summed E-state index contributed by atoms with van der Waals surface area (Å²) in [6.07, 6.45) is 0.382. The van der Waals surface area contributed by atoms with Crippen LogP contribution in [0.4, 0.5) is 9.52 Å². The van der Waals surface area contributed by atoms with E-state index in [9.17, 15) is 9.59 Å². The largest absolute Gasteiger partial charge is 0.462 e. The van der Waals surface area contributed by atoms with Gasteiger partial charge in [-0.3, -0.25) is 4.79 Å². The van der Waals surface area contributed by atoms with E-state index in [1.807, 2.05) is 14.8 Å². The van der Waals surface area contributed by atoms with Crippen LogP contribution in [0.2, 0.25) is 5.02 Å². The predicted octanol–water partition coefficient (Wildman–Crippen LogP) is 1.01. The Morgan fingerprint density at radius 1 is 1.47 bits per heavy atom. The molecule has 3 aromatic rings. The van der Waals surface area contributed by atoms with Gasteiger partial charge in [-0.2, -0.15) is 5.10 Å². The molecule has 0 aromatic carbocycles. The van der Waals surface area contributed by atoms with Crippen LogP contribution in [0.5, 0.6) is 0 Å². The topological polar surface area (TPSA) is 118 Å². The summed E-state index contributed by atoms with van der Waals surface area (Å²) < 4.78 is 21.8. The quantitative estimate of drug-likeness (QED) is 0.378. The van der Waals surface area contributed by atoms with Gasteiger partial charge in [-0.05, 0) is 25.7 Å². The molecule has 1 fully saturated rings. The Hall–Kier alpha value is -2.93. The molecule has 0 saturated carbocycles. The summed E-state index contributed by atoms with van der Waals surface area (Å²) in [6.45, 7) is 4.21. The summed E-state index contributed by atoms with van der Waals surface area (Å²) in [7, 11) is 3.51. The molecule has 1 amide bonds. The van der Waals surface area contributed by atoms with E-state index in [1.165, 1.54) is 11.0 Å². The summed E-state index contributed by atoms with van der Waals surface area (Å²) in [5.74, 6) is -0.541. The van der Waals surface area contributed by atoms with Crippen molar-refractivity contribution in [3.63, 3.8) is 0 Å². The molecule has 0 aliphatic carbocycles. The normalized spacial score (nSPS) is 18.2. The molecule has 2 N–H and O–H groups in total. The summed E-state index contributed by atoms with van der Waals surface area (Å²) in [5, 5.41) is 7.61. The number of rotatable bonds is 6. The molecule has 0 spiro atoms. The molecule has 0 radical (unpaired) electrons. The molecule has 1 aliphatic heterocycles. The van der Waals surface area contributed by atoms with Gasteiger partial charge in [0.15, 0.2) is 11.0 Å². The van der Waals surface area contributed by atoms with Gasteiger partial charge in [0.2, 0.25) is 0 Å². The fourth-order valence-corrected chi connectivity index (χ4v) is 5.03. The first-order valence-electron chi connectivity index (χ1n) is 10.8. The van der Waals surface area contributed by atoms with Crippen LogP contribution in [0, 0.1) is 6.92 Å². The summed E-state index contributed by atoms with van der Waals surface area (Å²) in [4.78, 5) is 39.0. The van der Waals surface area contributed by atoms with Crippen molar-refractivity contribution in [1.82, 2.24) is 30.0 Å². The number of halogens is 2. The van der Waals surface area contributed by atoms with Crippen LogP contribution in [0.25, 0.3) is 11.5 Å². The van der Waals surface area contributed by atoms with Crippen LogP contribution in [0.3, 0.4) is 0 Å². The molecular formula is C20H24BClFN7O3S. The lowest BCUT2D eigenvalue weighted by Crippen LogP contribution is -2.52. The molecule has 14 heteroatoms. The number of thiazole rings is 1. The van der Waals surface area contributed by atoms with E-state index in [0.717, 1.165) is 22.5 Å². The molecule has 180 valence electrons. The minimum atomic E-state index is -1.35. The highest BCUT2D eigenvalue weighted by atomic mass is 35.5. The lowest BCUT2D eigenvalue weighted by Gasteiger charge is -2.34. The second-order valence-corrected chi connectivity index (χ2v) is 9.35. The Morgan fingerprint density at radius 3 is 2.82 bits per heavy atom. The average Bonchev–Trinajstić information content (AvgIpc) is 3.49. The Morgan fingerprint density at radius 2 is 2.24 bits per heavy atom. The van der Waals surface area contributed by atoms with Crippen LogP contribution in [-0.2, 0) is 11.8 Å². The number of carbonyl (C=O) groups is 2. The highest BCUT2D eigenvalue weighted by molar-refractivity contribution is 7.17. The maximum absolute atomic E-state index is 15.1. The number of aromatic nitrogens is 5. The van der Waals surface area contributed by atoms with Gasteiger partial charge in [0.25, 0.3) is 5.91 Å². The molecule has 34 heavy (non-hydrogen) atoms. The van der Waals surface area contributed by atoms with E-state index in [2.05, 4.69) is 25.4 Å². The number of amides is 1. The molecule has 4 rings (SSSR count). The van der Waals surface area contributed by atoms with Gasteiger partial charge >= 0.3 is 5.97 Å². The Bertz CT molecular complexity index is 1230. The molecule has 0 unspecified atom stereocenters. The van der Waals surface area contributed by atoms with E-state index >= 15 is 4.39 Å².